The molecule has 0 radical (unpaired) electrons. The number of aromatic nitrogens is 3. The predicted molar refractivity (Wildman–Crippen MR) is 219 cm³/mol. The third-order valence-corrected chi connectivity index (χ3v) is 13.9. The lowest BCUT2D eigenvalue weighted by atomic mass is 9.90. The van der Waals surface area contributed by atoms with E-state index in [4.69, 9.17) is 0 Å². The average Bonchev–Trinajstić information content (AvgIpc) is 3.12. The minimum atomic E-state index is 0.911. The number of nitrogens with zero attached hydrogens (tertiary/aromatic N) is 3. The van der Waals surface area contributed by atoms with E-state index in [1.54, 1.807) is 18.6 Å². The van der Waals surface area contributed by atoms with Crippen LogP contribution < -0.4 is 0 Å². The second kappa shape index (κ2) is 14.6. The number of hydrogen-bond donors (Lipinski definition) is 0. The molecule has 0 aliphatic heterocycles. The zero-order chi connectivity index (χ0) is 33.4. The topological polar surface area (TPSA) is 38.7 Å². The molecule has 0 atom stereocenters. The van der Waals surface area contributed by atoms with Crippen molar-refractivity contribution in [3.63, 3.8) is 0 Å². The molecule has 7 rings (SSSR count). The van der Waals surface area contributed by atoms with E-state index in [1.807, 2.05) is 18.6 Å². The van der Waals surface area contributed by atoms with Crippen LogP contribution in [0.5, 0.6) is 0 Å². The Kier molecular flexibility index (Phi) is 10.2. The van der Waals surface area contributed by atoms with Crippen molar-refractivity contribution < 1.29 is 0 Å². The molecule has 0 N–H and O–H groups in total. The molecule has 0 aliphatic carbocycles. The fraction of sp³-hybridized carbons (Fsp3) is 0. The van der Waals surface area contributed by atoms with Gasteiger partial charge in [0, 0.05) is 67.3 Å². The van der Waals surface area contributed by atoms with Gasteiger partial charge in [-0.15, -0.1) is 0 Å². The number of pyridine rings is 3. The summed E-state index contributed by atoms with van der Waals surface area (Å²) in [5.74, 6) is 0. The van der Waals surface area contributed by atoms with E-state index in [0.29, 0.717) is 0 Å². The van der Waals surface area contributed by atoms with Crippen molar-refractivity contribution in [2.24, 2.45) is 0 Å². The van der Waals surface area contributed by atoms with Crippen molar-refractivity contribution >= 4 is 95.6 Å². The largest absolute Gasteiger partial charge is 0.263 e. The highest BCUT2D eigenvalue weighted by Crippen LogP contribution is 2.40. The number of hydrogen-bond acceptors (Lipinski definition) is 3. The summed E-state index contributed by atoms with van der Waals surface area (Å²) in [5.41, 5.74) is 12.9. The molecular weight excluding hydrogens is 990 g/mol. The van der Waals surface area contributed by atoms with Crippen LogP contribution in [0.1, 0.15) is 0 Å². The number of rotatable bonds is 6. The van der Waals surface area contributed by atoms with E-state index >= 15 is 0 Å². The standard InChI is InChI=1S/C39H21Br6N3/c40-34-19-46-16-31(37(34)43)25-7-1-4-22(10-25)28-13-29(23-5-2-8-26(11-23)32-17-47-20-35(41)38(32)44)15-30(14-28)24-6-3-9-27(12-24)33-18-48-21-36(42)39(33)45/h1-21H. The van der Waals surface area contributed by atoms with Crippen molar-refractivity contribution in [1.82, 2.24) is 15.0 Å². The first-order valence-electron chi connectivity index (χ1n) is 14.6. The molecule has 0 fully saturated rings. The molecule has 0 aliphatic rings. The molecule has 0 spiro atoms. The lowest BCUT2D eigenvalue weighted by molar-refractivity contribution is 1.29. The summed E-state index contributed by atoms with van der Waals surface area (Å²) >= 11 is 22.1. The molecule has 0 bridgehead atoms. The summed E-state index contributed by atoms with van der Waals surface area (Å²) in [6, 6.07) is 32.6. The Hall–Kier alpha value is -2.79. The molecule has 4 aromatic carbocycles. The molecule has 234 valence electrons. The van der Waals surface area contributed by atoms with Gasteiger partial charge in [-0.05, 0) is 182 Å². The Balaban J connectivity index is 1.40. The summed E-state index contributed by atoms with van der Waals surface area (Å²) in [5, 5.41) is 0. The van der Waals surface area contributed by atoms with Crippen molar-refractivity contribution in [3.8, 4) is 66.8 Å². The van der Waals surface area contributed by atoms with Gasteiger partial charge in [0.15, 0.2) is 0 Å². The molecule has 7 aromatic rings. The minimum absolute atomic E-state index is 0.911. The van der Waals surface area contributed by atoms with Crippen LogP contribution in [0, 0.1) is 0 Å². The van der Waals surface area contributed by atoms with Gasteiger partial charge >= 0.3 is 0 Å². The van der Waals surface area contributed by atoms with Crippen molar-refractivity contribution in [1.29, 1.82) is 0 Å². The van der Waals surface area contributed by atoms with Gasteiger partial charge in [-0.3, -0.25) is 15.0 Å². The molecule has 0 unspecified atom stereocenters. The van der Waals surface area contributed by atoms with E-state index in [2.05, 4.69) is 202 Å². The summed E-state index contributed by atoms with van der Waals surface area (Å²) in [4.78, 5) is 13.3. The van der Waals surface area contributed by atoms with Crippen LogP contribution in [0.25, 0.3) is 66.8 Å². The predicted octanol–water partition coefficient (Wildman–Crippen LogP) is 14.4. The molecule has 3 nitrogen and oxygen atoms in total. The van der Waals surface area contributed by atoms with E-state index in [1.165, 1.54) is 0 Å². The minimum Gasteiger partial charge on any atom is -0.263 e. The highest BCUT2D eigenvalue weighted by atomic mass is 79.9. The zero-order valence-electron chi connectivity index (χ0n) is 24.7. The molecule has 0 saturated carbocycles. The van der Waals surface area contributed by atoms with Gasteiger partial charge in [-0.2, -0.15) is 0 Å². The first kappa shape index (κ1) is 33.7. The Morgan fingerprint density at radius 1 is 0.292 bits per heavy atom. The first-order chi connectivity index (χ1) is 23.3. The van der Waals surface area contributed by atoms with Crippen LogP contribution in [-0.4, -0.2) is 15.0 Å². The second-order valence-corrected chi connectivity index (χ2v) is 15.9. The fourth-order valence-electron chi connectivity index (χ4n) is 5.59. The SMILES string of the molecule is Brc1cncc(-c2cccc(-c3cc(-c4cccc(-c5cncc(Br)c5Br)c4)cc(-c4cccc(-c5cncc(Br)c5Br)c4)c3)c2)c1Br. The maximum absolute atomic E-state index is 4.42. The molecule has 48 heavy (non-hydrogen) atoms. The zero-order valence-corrected chi connectivity index (χ0v) is 34.2. The lowest BCUT2D eigenvalue weighted by Gasteiger charge is -2.15. The molecule has 0 saturated heterocycles. The highest BCUT2D eigenvalue weighted by Gasteiger charge is 2.14. The van der Waals surface area contributed by atoms with Gasteiger partial charge in [0.05, 0.1) is 13.4 Å². The van der Waals surface area contributed by atoms with Gasteiger partial charge in [0.25, 0.3) is 0 Å². The Labute approximate surface area is 329 Å². The summed E-state index contributed by atoms with van der Waals surface area (Å²) in [6.07, 6.45) is 11.0. The van der Waals surface area contributed by atoms with Crippen LogP contribution in [0.15, 0.2) is 155 Å². The van der Waals surface area contributed by atoms with Crippen LogP contribution in [0.3, 0.4) is 0 Å². The Bertz CT molecular complexity index is 2070. The van der Waals surface area contributed by atoms with Crippen LogP contribution >= 0.6 is 95.6 Å². The Morgan fingerprint density at radius 2 is 0.542 bits per heavy atom. The van der Waals surface area contributed by atoms with Gasteiger partial charge in [0.2, 0.25) is 0 Å². The van der Waals surface area contributed by atoms with Crippen LogP contribution in [0.4, 0.5) is 0 Å². The summed E-state index contributed by atoms with van der Waals surface area (Å²) < 4.78 is 5.65. The van der Waals surface area contributed by atoms with E-state index in [-0.39, 0.29) is 0 Å². The molecule has 3 heterocycles. The third kappa shape index (κ3) is 6.96. The highest BCUT2D eigenvalue weighted by molar-refractivity contribution is 9.13. The smallest absolute Gasteiger partial charge is 0.0507 e. The number of benzene rings is 4. The van der Waals surface area contributed by atoms with Crippen molar-refractivity contribution in [3.05, 3.63) is 155 Å². The monoisotopic (exact) mass is 1000 g/mol. The number of halogens is 6. The molecule has 9 heteroatoms. The van der Waals surface area contributed by atoms with Crippen molar-refractivity contribution in [2.45, 2.75) is 0 Å². The van der Waals surface area contributed by atoms with Gasteiger partial charge in [0.1, 0.15) is 0 Å². The quantitative estimate of drug-likeness (QED) is 0.167. The van der Waals surface area contributed by atoms with E-state index in [0.717, 1.165) is 93.6 Å². The van der Waals surface area contributed by atoms with Crippen LogP contribution in [0.2, 0.25) is 0 Å². The Morgan fingerprint density at radius 3 is 0.833 bits per heavy atom. The third-order valence-electron chi connectivity index (χ3n) is 7.97. The van der Waals surface area contributed by atoms with Crippen LogP contribution in [-0.2, 0) is 0 Å². The van der Waals surface area contributed by atoms with E-state index < -0.39 is 0 Å². The van der Waals surface area contributed by atoms with Crippen molar-refractivity contribution in [2.75, 3.05) is 0 Å². The summed E-state index contributed by atoms with van der Waals surface area (Å²) in [6.45, 7) is 0. The molecule has 0 amide bonds. The van der Waals surface area contributed by atoms with E-state index in [9.17, 15) is 0 Å². The van der Waals surface area contributed by atoms with Gasteiger partial charge < -0.3 is 0 Å². The first-order valence-corrected chi connectivity index (χ1v) is 19.4. The molecule has 3 aromatic heterocycles. The maximum atomic E-state index is 4.42. The second-order valence-electron chi connectivity index (χ2n) is 11.0. The van der Waals surface area contributed by atoms with Gasteiger partial charge in [-0.1, -0.05) is 54.6 Å². The molecular formula is C39H21Br6N3. The average molecular weight is 1010 g/mol. The normalized spacial score (nSPS) is 11.1. The maximum Gasteiger partial charge on any atom is 0.0507 e. The lowest BCUT2D eigenvalue weighted by Crippen LogP contribution is -1.90. The van der Waals surface area contributed by atoms with Gasteiger partial charge in [-0.25, -0.2) is 0 Å². The summed E-state index contributed by atoms with van der Waals surface area (Å²) in [7, 11) is 0. The fourth-order valence-corrected chi connectivity index (χ4v) is 7.88.